The summed E-state index contributed by atoms with van der Waals surface area (Å²) < 4.78 is 5.62. The van der Waals surface area contributed by atoms with Crippen LogP contribution in [0.3, 0.4) is 0 Å². The molecule has 0 unspecified atom stereocenters. The average Bonchev–Trinajstić information content (AvgIpc) is 2.48. The van der Waals surface area contributed by atoms with Crippen LogP contribution in [0.15, 0.2) is 24.3 Å². The third-order valence-corrected chi connectivity index (χ3v) is 4.19. The van der Waals surface area contributed by atoms with Gasteiger partial charge in [0.1, 0.15) is 5.75 Å². The predicted molar refractivity (Wildman–Crippen MR) is 84.3 cm³/mol. The van der Waals surface area contributed by atoms with Gasteiger partial charge in [0.05, 0.1) is 18.6 Å². The summed E-state index contributed by atoms with van der Waals surface area (Å²) in [5, 5.41) is 3.14. The lowest BCUT2D eigenvalue weighted by molar-refractivity contribution is -0.123. The number of carbonyl (C=O) groups excluding carboxylic acids is 1. The Morgan fingerprint density at radius 1 is 1.33 bits per heavy atom. The number of nitrogens with one attached hydrogen (secondary N) is 1. The molecule has 2 rings (SSSR count). The van der Waals surface area contributed by atoms with Crippen LogP contribution in [0.1, 0.15) is 44.1 Å². The third kappa shape index (κ3) is 4.74. The fraction of sp³-hybridized carbons (Fsp3) is 0.588. The number of nitrogens with two attached hydrogens (primary N) is 1. The van der Waals surface area contributed by atoms with Gasteiger partial charge in [-0.3, -0.25) is 4.79 Å². The molecular weight excluding hydrogens is 264 g/mol. The molecule has 0 atom stereocenters. The maximum Gasteiger partial charge on any atom is 0.223 e. The molecule has 0 spiro atoms. The van der Waals surface area contributed by atoms with E-state index in [2.05, 4.69) is 5.32 Å². The molecule has 1 fully saturated rings. The van der Waals surface area contributed by atoms with E-state index in [1.807, 2.05) is 31.2 Å². The van der Waals surface area contributed by atoms with Gasteiger partial charge in [-0.25, -0.2) is 0 Å². The second-order valence-corrected chi connectivity index (χ2v) is 6.01. The lowest BCUT2D eigenvalue weighted by atomic mass is 9.81. The summed E-state index contributed by atoms with van der Waals surface area (Å²) >= 11 is 0. The van der Waals surface area contributed by atoms with Crippen LogP contribution >= 0.6 is 0 Å². The molecule has 0 saturated heterocycles. The van der Waals surface area contributed by atoms with Gasteiger partial charge in [0.2, 0.25) is 5.91 Å². The first-order valence-corrected chi connectivity index (χ1v) is 7.84. The molecule has 3 N–H and O–H groups in total. The molecule has 1 aliphatic rings. The molecule has 1 aromatic rings. The van der Waals surface area contributed by atoms with Crippen molar-refractivity contribution in [3.8, 4) is 5.75 Å². The molecular formula is C17H26N2O2. The van der Waals surface area contributed by atoms with Crippen molar-refractivity contribution < 1.29 is 9.53 Å². The van der Waals surface area contributed by atoms with Gasteiger partial charge in [0.25, 0.3) is 0 Å². The normalized spacial score (nSPS) is 17.2. The van der Waals surface area contributed by atoms with Gasteiger partial charge in [0, 0.05) is 6.54 Å². The predicted octanol–water partition coefficient (Wildman–Crippen LogP) is 2.54. The maximum absolute atomic E-state index is 12.1. The fourth-order valence-electron chi connectivity index (χ4n) is 2.93. The lowest BCUT2D eigenvalue weighted by Crippen LogP contribution is -2.54. The summed E-state index contributed by atoms with van der Waals surface area (Å²) in [6, 6.07) is 7.86. The molecule has 0 aliphatic heterocycles. The first-order valence-electron chi connectivity index (χ1n) is 7.84. The molecule has 116 valence electrons. The minimum Gasteiger partial charge on any atom is -0.493 e. The van der Waals surface area contributed by atoms with Crippen molar-refractivity contribution in [1.82, 2.24) is 5.32 Å². The Balaban J connectivity index is 1.76. The van der Waals surface area contributed by atoms with Gasteiger partial charge < -0.3 is 15.8 Å². The van der Waals surface area contributed by atoms with Crippen LogP contribution in [0.4, 0.5) is 0 Å². The molecule has 0 heterocycles. The molecule has 4 heteroatoms. The van der Waals surface area contributed by atoms with Gasteiger partial charge in [-0.15, -0.1) is 0 Å². The smallest absolute Gasteiger partial charge is 0.223 e. The number of hydrogen-bond donors (Lipinski definition) is 2. The Bertz CT molecular complexity index is 468. The molecule has 1 saturated carbocycles. The largest absolute Gasteiger partial charge is 0.493 e. The minimum absolute atomic E-state index is 0.0370. The van der Waals surface area contributed by atoms with E-state index in [0.717, 1.165) is 37.0 Å². The summed E-state index contributed by atoms with van der Waals surface area (Å²) in [5.41, 5.74) is 6.85. The summed E-state index contributed by atoms with van der Waals surface area (Å²) in [6.07, 6.45) is 5.90. The van der Waals surface area contributed by atoms with E-state index in [-0.39, 0.29) is 11.4 Å². The highest BCUT2D eigenvalue weighted by molar-refractivity contribution is 5.77. The van der Waals surface area contributed by atoms with Crippen molar-refractivity contribution in [1.29, 1.82) is 0 Å². The fourth-order valence-corrected chi connectivity index (χ4v) is 2.93. The molecule has 0 aromatic heterocycles. The van der Waals surface area contributed by atoms with Crippen LogP contribution in [-0.2, 0) is 4.79 Å². The number of aryl methyl sites for hydroxylation is 1. The van der Waals surface area contributed by atoms with Crippen molar-refractivity contribution in [2.24, 2.45) is 5.73 Å². The first-order chi connectivity index (χ1) is 10.1. The molecule has 4 nitrogen and oxygen atoms in total. The Morgan fingerprint density at radius 3 is 2.76 bits per heavy atom. The van der Waals surface area contributed by atoms with Gasteiger partial charge >= 0.3 is 0 Å². The van der Waals surface area contributed by atoms with E-state index in [0.29, 0.717) is 19.6 Å². The number of rotatable bonds is 6. The standard InChI is InChI=1S/C17H26N2O2/c1-14-6-5-7-15(12-14)21-11-8-16(20)19-17(13-18)9-3-2-4-10-17/h5-7,12H,2-4,8-11,13,18H2,1H3,(H,19,20). The van der Waals surface area contributed by atoms with E-state index in [1.54, 1.807) is 0 Å². The zero-order chi connectivity index (χ0) is 15.1. The lowest BCUT2D eigenvalue weighted by Gasteiger charge is -2.37. The SMILES string of the molecule is Cc1cccc(OCCC(=O)NC2(CN)CCCCC2)c1. The highest BCUT2D eigenvalue weighted by atomic mass is 16.5. The number of ether oxygens (including phenoxy) is 1. The van der Waals surface area contributed by atoms with Crippen molar-refractivity contribution in [3.63, 3.8) is 0 Å². The number of benzene rings is 1. The second kappa shape index (κ2) is 7.46. The highest BCUT2D eigenvalue weighted by Crippen LogP contribution is 2.27. The van der Waals surface area contributed by atoms with Gasteiger partial charge in [-0.05, 0) is 37.5 Å². The van der Waals surface area contributed by atoms with Crippen molar-refractivity contribution in [3.05, 3.63) is 29.8 Å². The quantitative estimate of drug-likeness (QED) is 0.846. The molecule has 0 radical (unpaired) electrons. The summed E-state index contributed by atoms with van der Waals surface area (Å²) in [5.74, 6) is 0.851. The summed E-state index contributed by atoms with van der Waals surface area (Å²) in [6.45, 7) is 2.95. The highest BCUT2D eigenvalue weighted by Gasteiger charge is 2.31. The van der Waals surface area contributed by atoms with Crippen molar-refractivity contribution >= 4 is 5.91 Å². The Morgan fingerprint density at radius 2 is 2.10 bits per heavy atom. The van der Waals surface area contributed by atoms with Crippen LogP contribution in [0.25, 0.3) is 0 Å². The van der Waals surface area contributed by atoms with E-state index < -0.39 is 0 Å². The Labute approximate surface area is 127 Å². The maximum atomic E-state index is 12.1. The minimum atomic E-state index is -0.182. The van der Waals surface area contributed by atoms with Crippen molar-refractivity contribution in [2.75, 3.05) is 13.2 Å². The van der Waals surface area contributed by atoms with Crippen LogP contribution in [0.2, 0.25) is 0 Å². The van der Waals surface area contributed by atoms with Crippen LogP contribution in [0.5, 0.6) is 5.75 Å². The zero-order valence-electron chi connectivity index (χ0n) is 12.9. The first kappa shape index (κ1) is 15.8. The Kier molecular flexibility index (Phi) is 5.62. The topological polar surface area (TPSA) is 64.3 Å². The van der Waals surface area contributed by atoms with Gasteiger partial charge in [-0.2, -0.15) is 0 Å². The monoisotopic (exact) mass is 290 g/mol. The third-order valence-electron chi connectivity index (χ3n) is 4.19. The molecule has 21 heavy (non-hydrogen) atoms. The van der Waals surface area contributed by atoms with Gasteiger partial charge in [0.15, 0.2) is 0 Å². The van der Waals surface area contributed by atoms with E-state index >= 15 is 0 Å². The van der Waals surface area contributed by atoms with E-state index in [4.69, 9.17) is 10.5 Å². The summed E-state index contributed by atoms with van der Waals surface area (Å²) in [4.78, 5) is 12.1. The van der Waals surface area contributed by atoms with Crippen LogP contribution in [-0.4, -0.2) is 24.6 Å². The number of carbonyl (C=O) groups is 1. The van der Waals surface area contributed by atoms with Crippen LogP contribution < -0.4 is 15.8 Å². The van der Waals surface area contributed by atoms with Crippen LogP contribution in [0, 0.1) is 6.92 Å². The summed E-state index contributed by atoms with van der Waals surface area (Å²) in [7, 11) is 0. The number of amides is 1. The second-order valence-electron chi connectivity index (χ2n) is 6.01. The molecule has 1 aliphatic carbocycles. The van der Waals surface area contributed by atoms with E-state index in [1.165, 1.54) is 6.42 Å². The molecule has 1 amide bonds. The average molecular weight is 290 g/mol. The Hall–Kier alpha value is -1.55. The molecule has 0 bridgehead atoms. The zero-order valence-corrected chi connectivity index (χ0v) is 12.9. The van der Waals surface area contributed by atoms with E-state index in [9.17, 15) is 4.79 Å². The van der Waals surface area contributed by atoms with Gasteiger partial charge in [-0.1, -0.05) is 31.4 Å². The van der Waals surface area contributed by atoms with Crippen molar-refractivity contribution in [2.45, 2.75) is 51.0 Å². The molecule has 1 aromatic carbocycles. The number of hydrogen-bond acceptors (Lipinski definition) is 3.